The molecule has 2 N–H and O–H groups in total. The van der Waals surface area contributed by atoms with Gasteiger partial charge >= 0.3 is 6.09 Å². The Morgan fingerprint density at radius 3 is 2.47 bits per heavy atom. The molecule has 30 heavy (non-hydrogen) atoms. The van der Waals surface area contributed by atoms with Gasteiger partial charge in [0.25, 0.3) is 5.56 Å². The van der Waals surface area contributed by atoms with Gasteiger partial charge in [-0.2, -0.15) is 0 Å². The third-order valence-electron chi connectivity index (χ3n) is 5.27. The Balaban J connectivity index is 1.70. The third-order valence-corrected chi connectivity index (χ3v) is 5.27. The van der Waals surface area contributed by atoms with Gasteiger partial charge < -0.3 is 20.1 Å². The zero-order valence-corrected chi connectivity index (χ0v) is 17.4. The summed E-state index contributed by atoms with van der Waals surface area (Å²) in [5.41, 5.74) is 1.10. The van der Waals surface area contributed by atoms with Crippen molar-refractivity contribution in [3.63, 3.8) is 0 Å². The van der Waals surface area contributed by atoms with E-state index in [2.05, 4.69) is 5.32 Å². The fourth-order valence-electron chi connectivity index (χ4n) is 3.79. The maximum Gasteiger partial charge on any atom is 0.407 e. The first-order valence-corrected chi connectivity index (χ1v) is 10.0. The zero-order chi connectivity index (χ0) is 21.8. The molecule has 1 fully saturated rings. The van der Waals surface area contributed by atoms with Crippen LogP contribution in [-0.2, 0) is 4.79 Å². The molecule has 0 radical (unpaired) electrons. The lowest BCUT2D eigenvalue weighted by Crippen LogP contribution is -2.50. The second kappa shape index (κ2) is 9.02. The van der Waals surface area contributed by atoms with E-state index < -0.39 is 6.09 Å². The van der Waals surface area contributed by atoms with Crippen molar-refractivity contribution in [2.45, 2.75) is 45.8 Å². The van der Waals surface area contributed by atoms with E-state index in [1.54, 1.807) is 36.5 Å². The highest BCUT2D eigenvalue weighted by Gasteiger charge is 2.34. The van der Waals surface area contributed by atoms with Crippen LogP contribution in [0.15, 0.2) is 47.4 Å². The second-order valence-electron chi connectivity index (χ2n) is 7.85. The van der Waals surface area contributed by atoms with Crippen molar-refractivity contribution in [1.29, 1.82) is 0 Å². The average molecular weight is 413 g/mol. The molecular formula is C22H27N3O5. The lowest BCUT2D eigenvalue weighted by molar-refractivity contribution is -0.114. The molecular weight excluding hydrogens is 386 g/mol. The highest BCUT2D eigenvalue weighted by molar-refractivity contribution is 5.88. The Kier molecular flexibility index (Phi) is 6.44. The Morgan fingerprint density at radius 2 is 1.90 bits per heavy atom. The summed E-state index contributed by atoms with van der Waals surface area (Å²) in [5.74, 6) is 0.499. The summed E-state index contributed by atoms with van der Waals surface area (Å²) in [5, 5.41) is 12.1. The number of carbonyl (C=O) groups is 2. The molecule has 1 aromatic heterocycles. The summed E-state index contributed by atoms with van der Waals surface area (Å²) in [6.07, 6.45) is 1.79. The van der Waals surface area contributed by atoms with Gasteiger partial charge in [0.15, 0.2) is 0 Å². The normalized spacial score (nSPS) is 18.9. The van der Waals surface area contributed by atoms with Gasteiger partial charge in [-0.3, -0.25) is 14.2 Å². The van der Waals surface area contributed by atoms with Crippen LogP contribution in [-0.4, -0.2) is 45.3 Å². The molecule has 1 aliphatic heterocycles. The molecule has 0 aliphatic carbocycles. The smallest absolute Gasteiger partial charge is 0.407 e. The van der Waals surface area contributed by atoms with Crippen molar-refractivity contribution in [2.24, 2.45) is 5.92 Å². The molecule has 1 aliphatic rings. The van der Waals surface area contributed by atoms with E-state index in [0.29, 0.717) is 36.5 Å². The number of pyridine rings is 1. The highest BCUT2D eigenvalue weighted by Crippen LogP contribution is 2.26. The highest BCUT2D eigenvalue weighted by atomic mass is 16.5. The number of likely N-dealkylation sites (tertiary alicyclic amines) is 1. The van der Waals surface area contributed by atoms with Crippen molar-refractivity contribution >= 4 is 17.7 Å². The Labute approximate surface area is 175 Å². The second-order valence-corrected chi connectivity index (χ2v) is 7.85. The summed E-state index contributed by atoms with van der Waals surface area (Å²) in [4.78, 5) is 36.6. The van der Waals surface area contributed by atoms with Gasteiger partial charge in [-0.25, -0.2) is 4.79 Å². The number of aromatic nitrogens is 1. The first kappa shape index (κ1) is 21.4. The van der Waals surface area contributed by atoms with E-state index in [4.69, 9.17) is 4.74 Å². The summed E-state index contributed by atoms with van der Waals surface area (Å²) in [7, 11) is 0. The summed E-state index contributed by atoms with van der Waals surface area (Å²) in [6.45, 7) is 5.86. The number of amides is 2. The fourth-order valence-corrected chi connectivity index (χ4v) is 3.79. The average Bonchev–Trinajstić information content (AvgIpc) is 2.68. The predicted octanol–water partition coefficient (Wildman–Crippen LogP) is 3.34. The number of hydrogen-bond donors (Lipinski definition) is 2. The van der Waals surface area contributed by atoms with Crippen molar-refractivity contribution in [1.82, 2.24) is 9.47 Å². The number of nitrogens with zero attached hydrogens (tertiary/aromatic N) is 2. The van der Waals surface area contributed by atoms with Gasteiger partial charge in [0, 0.05) is 56.0 Å². The van der Waals surface area contributed by atoms with Gasteiger partial charge in [0.2, 0.25) is 5.91 Å². The van der Waals surface area contributed by atoms with Crippen LogP contribution in [0.3, 0.4) is 0 Å². The van der Waals surface area contributed by atoms with Crippen LogP contribution < -0.4 is 15.6 Å². The number of carbonyl (C=O) groups excluding carboxylic acids is 1. The molecule has 0 bridgehead atoms. The Hall–Kier alpha value is -3.29. The third kappa shape index (κ3) is 5.00. The number of hydrogen-bond acceptors (Lipinski definition) is 4. The quantitative estimate of drug-likeness (QED) is 0.783. The monoisotopic (exact) mass is 413 g/mol. The van der Waals surface area contributed by atoms with Crippen LogP contribution in [0.1, 0.15) is 33.6 Å². The molecule has 8 nitrogen and oxygen atoms in total. The van der Waals surface area contributed by atoms with Gasteiger partial charge in [0.1, 0.15) is 11.9 Å². The van der Waals surface area contributed by atoms with Crippen molar-refractivity contribution in [2.75, 3.05) is 11.9 Å². The lowest BCUT2D eigenvalue weighted by Gasteiger charge is -2.39. The molecule has 0 saturated carbocycles. The zero-order valence-electron chi connectivity index (χ0n) is 17.4. The molecule has 1 aromatic carbocycles. The predicted molar refractivity (Wildman–Crippen MR) is 113 cm³/mol. The minimum atomic E-state index is -0.903. The van der Waals surface area contributed by atoms with E-state index in [9.17, 15) is 19.5 Å². The SMILES string of the molecule is CC(=O)Nc1ccc(-n2ccc(OC3CCN(C(=O)O)C(C(C)C)C3)cc2=O)cc1. The van der Waals surface area contributed by atoms with Crippen LogP contribution in [0.4, 0.5) is 10.5 Å². The molecule has 160 valence electrons. The molecule has 0 spiro atoms. The molecule has 2 unspecified atom stereocenters. The molecule has 2 heterocycles. The summed E-state index contributed by atoms with van der Waals surface area (Å²) >= 11 is 0. The largest absolute Gasteiger partial charge is 0.490 e. The van der Waals surface area contributed by atoms with E-state index in [1.807, 2.05) is 13.8 Å². The Morgan fingerprint density at radius 1 is 1.20 bits per heavy atom. The van der Waals surface area contributed by atoms with E-state index >= 15 is 0 Å². The van der Waals surface area contributed by atoms with Crippen molar-refractivity contribution < 1.29 is 19.4 Å². The first-order valence-electron chi connectivity index (χ1n) is 10.0. The Bertz CT molecular complexity index is 967. The van der Waals surface area contributed by atoms with Gasteiger partial charge in [-0.05, 0) is 36.2 Å². The fraction of sp³-hybridized carbons (Fsp3) is 0.409. The van der Waals surface area contributed by atoms with E-state index in [1.165, 1.54) is 22.5 Å². The minimum absolute atomic E-state index is 0.108. The molecule has 1 saturated heterocycles. The minimum Gasteiger partial charge on any atom is -0.490 e. The van der Waals surface area contributed by atoms with Gasteiger partial charge in [-0.15, -0.1) is 0 Å². The van der Waals surface area contributed by atoms with Crippen molar-refractivity contribution in [3.05, 3.63) is 52.9 Å². The molecule has 2 aromatic rings. The number of nitrogens with one attached hydrogen (secondary N) is 1. The van der Waals surface area contributed by atoms with E-state index in [-0.39, 0.29) is 29.5 Å². The number of ether oxygens (including phenoxy) is 1. The standard InChI is InChI=1S/C22H27N3O5/c1-14(2)20-12-18(9-11-25(20)22(28)29)30-19-8-10-24(21(27)13-19)17-6-4-16(5-7-17)23-15(3)26/h4-8,10,13-14,18,20H,9,11-12H2,1-3H3,(H,23,26)(H,28,29). The molecule has 8 heteroatoms. The number of piperidine rings is 1. The van der Waals surface area contributed by atoms with Crippen LogP contribution in [0.2, 0.25) is 0 Å². The van der Waals surface area contributed by atoms with Crippen LogP contribution >= 0.6 is 0 Å². The maximum absolute atomic E-state index is 12.6. The number of carboxylic acid groups (broad SMARTS) is 1. The molecule has 2 amide bonds. The summed E-state index contributed by atoms with van der Waals surface area (Å²) < 4.78 is 7.51. The molecule has 3 rings (SSSR count). The number of benzene rings is 1. The molecule has 2 atom stereocenters. The van der Waals surface area contributed by atoms with Gasteiger partial charge in [-0.1, -0.05) is 13.8 Å². The first-order chi connectivity index (χ1) is 14.2. The lowest BCUT2D eigenvalue weighted by atomic mass is 9.91. The van der Waals surface area contributed by atoms with Crippen LogP contribution in [0, 0.1) is 5.92 Å². The van der Waals surface area contributed by atoms with Crippen LogP contribution in [0.5, 0.6) is 5.75 Å². The van der Waals surface area contributed by atoms with E-state index in [0.717, 1.165) is 0 Å². The number of anilines is 1. The number of rotatable bonds is 5. The van der Waals surface area contributed by atoms with Crippen LogP contribution in [0.25, 0.3) is 5.69 Å². The topological polar surface area (TPSA) is 101 Å². The summed E-state index contributed by atoms with van der Waals surface area (Å²) in [6, 6.07) is 10.0. The van der Waals surface area contributed by atoms with Crippen molar-refractivity contribution in [3.8, 4) is 11.4 Å². The van der Waals surface area contributed by atoms with Gasteiger partial charge in [0.05, 0.1) is 0 Å². The maximum atomic E-state index is 12.6.